The fraction of sp³-hybridized carbons (Fsp3) is 0.297. The molecule has 1 N–H and O–H groups in total. The first-order valence-corrected chi connectivity index (χ1v) is 17.6. The third-order valence-electron chi connectivity index (χ3n) is 7.89. The highest BCUT2D eigenvalue weighted by Crippen LogP contribution is 2.32. The molecule has 0 fully saturated rings. The minimum atomic E-state index is -4.33. The molecule has 1 atom stereocenters. The Labute approximate surface area is 288 Å². The molecule has 0 bridgehead atoms. The van der Waals surface area contributed by atoms with Crippen molar-refractivity contribution in [3.63, 3.8) is 0 Å². The average Bonchev–Trinajstić information content (AvgIpc) is 3.09. The summed E-state index contributed by atoms with van der Waals surface area (Å²) in [5, 5.41) is 3.47. The summed E-state index contributed by atoms with van der Waals surface area (Å²) in [7, 11) is -1.45. The second kappa shape index (κ2) is 17.0. The highest BCUT2D eigenvalue weighted by molar-refractivity contribution is 7.92. The summed E-state index contributed by atoms with van der Waals surface area (Å²) in [6.07, 6.45) is 1.88. The Morgan fingerprint density at radius 2 is 1.54 bits per heavy atom. The highest BCUT2D eigenvalue weighted by Gasteiger charge is 2.35. The number of aryl methyl sites for hydroxylation is 1. The van der Waals surface area contributed by atoms with Crippen LogP contribution in [0.15, 0.2) is 102 Å². The second-order valence-corrected chi connectivity index (χ2v) is 13.7. The van der Waals surface area contributed by atoms with Crippen LogP contribution in [0.5, 0.6) is 11.5 Å². The van der Waals surface area contributed by atoms with Crippen molar-refractivity contribution >= 4 is 39.1 Å². The predicted octanol–water partition coefficient (Wildman–Crippen LogP) is 6.42. The normalized spacial score (nSPS) is 11.8. The zero-order chi connectivity index (χ0) is 34.7. The maximum Gasteiger partial charge on any atom is 0.264 e. The summed E-state index contributed by atoms with van der Waals surface area (Å²) in [6.45, 7) is 3.81. The smallest absolute Gasteiger partial charge is 0.264 e. The molecule has 4 aromatic rings. The van der Waals surface area contributed by atoms with E-state index >= 15 is 0 Å². The number of unbranched alkanes of at least 4 members (excludes halogenated alkanes) is 1. The summed E-state index contributed by atoms with van der Waals surface area (Å²) < 4.78 is 40.5. The monoisotopic (exact) mass is 691 g/mol. The summed E-state index contributed by atoms with van der Waals surface area (Å²) >= 11 is 6.33. The van der Waals surface area contributed by atoms with E-state index < -0.39 is 28.5 Å². The largest absolute Gasteiger partial charge is 0.493 e. The highest BCUT2D eigenvalue weighted by atomic mass is 35.5. The first kappa shape index (κ1) is 36.3. The molecule has 0 aromatic heterocycles. The minimum absolute atomic E-state index is 0.0240. The molecule has 0 aliphatic rings. The van der Waals surface area contributed by atoms with Crippen molar-refractivity contribution in [3.8, 4) is 11.5 Å². The van der Waals surface area contributed by atoms with Gasteiger partial charge in [-0.15, -0.1) is 0 Å². The summed E-state index contributed by atoms with van der Waals surface area (Å²) in [6, 6.07) is 26.7. The average molecular weight is 692 g/mol. The number of rotatable bonds is 16. The molecule has 0 saturated heterocycles. The van der Waals surface area contributed by atoms with E-state index in [1.807, 2.05) is 50.2 Å². The van der Waals surface area contributed by atoms with Crippen LogP contribution in [0, 0.1) is 6.92 Å². The van der Waals surface area contributed by atoms with Crippen LogP contribution in [-0.4, -0.2) is 58.5 Å². The fourth-order valence-corrected chi connectivity index (χ4v) is 6.88. The van der Waals surface area contributed by atoms with E-state index in [0.717, 1.165) is 28.3 Å². The van der Waals surface area contributed by atoms with Gasteiger partial charge in [0.25, 0.3) is 10.0 Å². The van der Waals surface area contributed by atoms with Crippen LogP contribution in [0.4, 0.5) is 5.69 Å². The maximum atomic E-state index is 14.6. The first-order valence-electron chi connectivity index (χ1n) is 15.7. The molecular formula is C37H42ClN3O6S. The van der Waals surface area contributed by atoms with Gasteiger partial charge in [0.15, 0.2) is 11.5 Å². The number of anilines is 1. The van der Waals surface area contributed by atoms with Crippen molar-refractivity contribution in [3.05, 3.63) is 119 Å². The summed E-state index contributed by atoms with van der Waals surface area (Å²) in [4.78, 5) is 29.9. The Morgan fingerprint density at radius 3 is 2.19 bits per heavy atom. The van der Waals surface area contributed by atoms with Crippen molar-refractivity contribution in [1.29, 1.82) is 0 Å². The first-order chi connectivity index (χ1) is 23.1. The maximum absolute atomic E-state index is 14.6. The predicted molar refractivity (Wildman–Crippen MR) is 189 cm³/mol. The minimum Gasteiger partial charge on any atom is -0.493 e. The topological polar surface area (TPSA) is 105 Å². The molecule has 0 aliphatic heterocycles. The van der Waals surface area contributed by atoms with Gasteiger partial charge in [-0.3, -0.25) is 13.9 Å². The number of carbonyl (C=O) groups excluding carboxylic acids is 2. The van der Waals surface area contributed by atoms with Gasteiger partial charge in [0.05, 0.1) is 24.8 Å². The van der Waals surface area contributed by atoms with Gasteiger partial charge in [-0.2, -0.15) is 0 Å². The van der Waals surface area contributed by atoms with Gasteiger partial charge in [-0.1, -0.05) is 85.1 Å². The van der Waals surface area contributed by atoms with E-state index in [9.17, 15) is 18.0 Å². The van der Waals surface area contributed by atoms with E-state index in [4.69, 9.17) is 21.1 Å². The number of ether oxygens (including phenoxy) is 2. The Kier molecular flexibility index (Phi) is 12.9. The van der Waals surface area contributed by atoms with Crippen molar-refractivity contribution in [2.75, 3.05) is 31.6 Å². The SMILES string of the molecule is CCCCNC(=O)[C@H](Cc1ccccc1)N(Cc1cccc(Cl)c1)C(=O)CN(c1ccc(C)cc1)S(=O)(=O)c1ccc(OC)c(OC)c1. The number of nitrogens with zero attached hydrogens (tertiary/aromatic N) is 2. The third-order valence-corrected chi connectivity index (χ3v) is 9.89. The molecular weight excluding hydrogens is 650 g/mol. The molecule has 2 amide bonds. The van der Waals surface area contributed by atoms with Gasteiger partial charge in [-0.05, 0) is 60.9 Å². The molecule has 11 heteroatoms. The standard InChI is InChI=1S/C37H42ClN3O6S/c1-5-6-21-39-37(43)33(23-28-11-8-7-9-12-28)40(25-29-13-10-14-30(38)22-29)36(42)26-41(31-17-15-27(2)16-18-31)48(44,45)32-19-20-34(46-3)35(24-32)47-4/h7-20,22,24,33H,5-6,21,23,25-26H2,1-4H3,(H,39,43)/t33-/m0/s1. The number of hydrogen-bond acceptors (Lipinski definition) is 6. The molecule has 0 saturated carbocycles. The van der Waals surface area contributed by atoms with Crippen LogP contribution in [-0.2, 0) is 32.6 Å². The number of halogens is 1. The van der Waals surface area contributed by atoms with Gasteiger partial charge >= 0.3 is 0 Å². The molecule has 0 heterocycles. The van der Waals surface area contributed by atoms with Gasteiger partial charge in [0.1, 0.15) is 12.6 Å². The number of carbonyl (C=O) groups is 2. The molecule has 254 valence electrons. The molecule has 0 aliphatic carbocycles. The Hall–Kier alpha value is -4.54. The lowest BCUT2D eigenvalue weighted by Crippen LogP contribution is -2.53. The molecule has 0 radical (unpaired) electrons. The van der Waals surface area contributed by atoms with Crippen LogP contribution < -0.4 is 19.1 Å². The summed E-state index contributed by atoms with van der Waals surface area (Å²) in [5.41, 5.74) is 2.76. The molecule has 9 nitrogen and oxygen atoms in total. The van der Waals surface area contributed by atoms with E-state index in [-0.39, 0.29) is 29.5 Å². The molecule has 0 spiro atoms. The van der Waals surface area contributed by atoms with Crippen LogP contribution in [0.1, 0.15) is 36.5 Å². The van der Waals surface area contributed by atoms with Crippen molar-refractivity contribution < 1.29 is 27.5 Å². The van der Waals surface area contributed by atoms with Crippen molar-refractivity contribution in [2.24, 2.45) is 0 Å². The lowest BCUT2D eigenvalue weighted by Gasteiger charge is -2.34. The Balaban J connectivity index is 1.81. The number of sulfonamides is 1. The van der Waals surface area contributed by atoms with Crippen LogP contribution in [0.25, 0.3) is 0 Å². The lowest BCUT2D eigenvalue weighted by molar-refractivity contribution is -0.140. The Morgan fingerprint density at radius 1 is 0.854 bits per heavy atom. The van der Waals surface area contributed by atoms with Gasteiger partial charge in [-0.25, -0.2) is 8.42 Å². The fourth-order valence-electron chi connectivity index (χ4n) is 5.24. The number of nitrogens with one attached hydrogen (secondary N) is 1. The van der Waals surface area contributed by atoms with Crippen LogP contribution in [0.2, 0.25) is 5.02 Å². The quantitative estimate of drug-likeness (QED) is 0.136. The third kappa shape index (κ3) is 9.29. The number of amides is 2. The molecule has 0 unspecified atom stereocenters. The molecule has 4 aromatic carbocycles. The van der Waals surface area contributed by atoms with Crippen molar-refractivity contribution in [2.45, 2.75) is 50.6 Å². The number of hydrogen-bond donors (Lipinski definition) is 1. The van der Waals surface area contributed by atoms with E-state index in [0.29, 0.717) is 28.6 Å². The lowest BCUT2D eigenvalue weighted by atomic mass is 10.0. The van der Waals surface area contributed by atoms with Gasteiger partial charge in [0.2, 0.25) is 11.8 Å². The number of methoxy groups -OCH3 is 2. The molecule has 48 heavy (non-hydrogen) atoms. The van der Waals surface area contributed by atoms with Crippen LogP contribution >= 0.6 is 11.6 Å². The zero-order valence-electron chi connectivity index (χ0n) is 27.7. The van der Waals surface area contributed by atoms with Crippen LogP contribution in [0.3, 0.4) is 0 Å². The van der Waals surface area contributed by atoms with Crippen molar-refractivity contribution in [1.82, 2.24) is 10.2 Å². The number of benzene rings is 4. The second-order valence-electron chi connectivity index (χ2n) is 11.4. The Bertz CT molecular complexity index is 1780. The summed E-state index contributed by atoms with van der Waals surface area (Å²) in [5.74, 6) is -0.304. The van der Waals surface area contributed by atoms with E-state index in [1.54, 1.807) is 42.5 Å². The van der Waals surface area contributed by atoms with E-state index in [2.05, 4.69) is 5.32 Å². The van der Waals surface area contributed by atoms with Gasteiger partial charge in [0, 0.05) is 30.6 Å². The zero-order valence-corrected chi connectivity index (χ0v) is 29.3. The molecule has 4 rings (SSSR count). The van der Waals surface area contributed by atoms with Gasteiger partial charge < -0.3 is 19.7 Å². The van der Waals surface area contributed by atoms with E-state index in [1.165, 1.54) is 37.3 Å².